The Bertz CT molecular complexity index is 948. The summed E-state index contributed by atoms with van der Waals surface area (Å²) in [5.74, 6) is 0.304. The highest BCUT2D eigenvalue weighted by atomic mass is 16.6. The van der Waals surface area contributed by atoms with Crippen molar-refractivity contribution in [3.8, 4) is 5.75 Å². The summed E-state index contributed by atoms with van der Waals surface area (Å²) in [4.78, 5) is 22.4. The van der Waals surface area contributed by atoms with Crippen LogP contribution in [0.15, 0.2) is 60.7 Å². The van der Waals surface area contributed by atoms with Gasteiger partial charge in [0.25, 0.3) is 11.6 Å². The van der Waals surface area contributed by atoms with Crippen molar-refractivity contribution < 1.29 is 14.5 Å². The third kappa shape index (κ3) is 3.74. The highest BCUT2D eigenvalue weighted by Gasteiger charge is 2.11. The van der Waals surface area contributed by atoms with Crippen LogP contribution in [-0.4, -0.2) is 17.4 Å². The summed E-state index contributed by atoms with van der Waals surface area (Å²) < 4.78 is 5.63. The highest BCUT2D eigenvalue weighted by molar-refractivity contribution is 5.93. The third-order valence-corrected chi connectivity index (χ3v) is 3.80. The van der Waals surface area contributed by atoms with E-state index in [1.54, 1.807) is 6.92 Å². The smallest absolute Gasteiger partial charge is 0.269 e. The second kappa shape index (κ2) is 7.00. The Kier molecular flexibility index (Phi) is 4.61. The van der Waals surface area contributed by atoms with Crippen molar-refractivity contribution in [1.82, 2.24) is 0 Å². The van der Waals surface area contributed by atoms with Gasteiger partial charge in [-0.2, -0.15) is 0 Å². The fraction of sp³-hybridized carbons (Fsp3) is 0.105. The van der Waals surface area contributed by atoms with Crippen LogP contribution in [0.4, 0.5) is 11.4 Å². The third-order valence-electron chi connectivity index (χ3n) is 3.80. The number of nitro groups is 1. The van der Waals surface area contributed by atoms with Gasteiger partial charge in [0.05, 0.1) is 4.92 Å². The van der Waals surface area contributed by atoms with Gasteiger partial charge in [-0.1, -0.05) is 36.4 Å². The molecule has 6 nitrogen and oxygen atoms in total. The molecule has 0 bridgehead atoms. The highest BCUT2D eigenvalue weighted by Crippen LogP contribution is 2.25. The number of nitro benzene ring substituents is 1. The van der Waals surface area contributed by atoms with Crippen molar-refractivity contribution in [3.63, 3.8) is 0 Å². The molecule has 0 atom stereocenters. The molecule has 0 unspecified atom stereocenters. The zero-order valence-corrected chi connectivity index (χ0v) is 13.6. The molecule has 0 radical (unpaired) electrons. The van der Waals surface area contributed by atoms with Crippen LogP contribution in [0.25, 0.3) is 10.8 Å². The topological polar surface area (TPSA) is 81.5 Å². The van der Waals surface area contributed by atoms with Crippen LogP contribution in [0, 0.1) is 17.0 Å². The van der Waals surface area contributed by atoms with Crippen LogP contribution in [-0.2, 0) is 4.79 Å². The molecule has 1 amide bonds. The molecule has 3 aromatic carbocycles. The van der Waals surface area contributed by atoms with Crippen LogP contribution < -0.4 is 10.1 Å². The summed E-state index contributed by atoms with van der Waals surface area (Å²) in [6, 6.07) is 17.7. The number of ether oxygens (including phenoxy) is 1. The quantitative estimate of drug-likeness (QED) is 0.562. The van der Waals surface area contributed by atoms with E-state index in [0.29, 0.717) is 17.0 Å². The molecule has 25 heavy (non-hydrogen) atoms. The van der Waals surface area contributed by atoms with E-state index in [4.69, 9.17) is 4.74 Å². The minimum absolute atomic E-state index is 0.0116. The molecule has 0 aliphatic carbocycles. The van der Waals surface area contributed by atoms with E-state index >= 15 is 0 Å². The van der Waals surface area contributed by atoms with Crippen molar-refractivity contribution in [2.75, 3.05) is 11.9 Å². The first-order chi connectivity index (χ1) is 12.0. The Hall–Kier alpha value is -3.41. The average molecular weight is 336 g/mol. The molecule has 3 aromatic rings. The van der Waals surface area contributed by atoms with Gasteiger partial charge in [0.1, 0.15) is 5.75 Å². The first kappa shape index (κ1) is 16.4. The van der Waals surface area contributed by atoms with Gasteiger partial charge in [-0.15, -0.1) is 0 Å². The maximum Gasteiger partial charge on any atom is 0.269 e. The molecule has 0 saturated carbocycles. The first-order valence-electron chi connectivity index (χ1n) is 7.70. The fourth-order valence-electron chi connectivity index (χ4n) is 2.55. The lowest BCUT2D eigenvalue weighted by Gasteiger charge is -2.11. The standard InChI is InChI=1S/C19H16N2O4/c1-13-11-15(21(23)24)9-10-17(13)20-19(22)12-25-18-8-4-6-14-5-2-3-7-16(14)18/h2-11H,12H2,1H3,(H,20,22). The van der Waals surface area contributed by atoms with Gasteiger partial charge in [-0.3, -0.25) is 14.9 Å². The van der Waals surface area contributed by atoms with Crippen LogP contribution in [0.5, 0.6) is 5.75 Å². The lowest BCUT2D eigenvalue weighted by atomic mass is 10.1. The van der Waals surface area contributed by atoms with Crippen molar-refractivity contribution >= 4 is 28.1 Å². The number of carbonyl (C=O) groups is 1. The normalized spacial score (nSPS) is 10.4. The zero-order valence-electron chi connectivity index (χ0n) is 13.6. The van der Waals surface area contributed by atoms with Gasteiger partial charge < -0.3 is 10.1 Å². The monoisotopic (exact) mass is 336 g/mol. The summed E-state index contributed by atoms with van der Waals surface area (Å²) in [6.45, 7) is 1.55. The first-order valence-corrected chi connectivity index (χ1v) is 7.70. The molecule has 0 fully saturated rings. The minimum atomic E-state index is -0.470. The number of anilines is 1. The van der Waals surface area contributed by atoms with Crippen LogP contribution in [0.3, 0.4) is 0 Å². The largest absolute Gasteiger partial charge is 0.483 e. The Morgan fingerprint density at radius 1 is 1.12 bits per heavy atom. The number of benzene rings is 3. The van der Waals surface area contributed by atoms with Gasteiger partial charge >= 0.3 is 0 Å². The van der Waals surface area contributed by atoms with E-state index in [1.165, 1.54) is 18.2 Å². The Morgan fingerprint density at radius 2 is 1.88 bits per heavy atom. The number of rotatable bonds is 5. The second-order valence-corrected chi connectivity index (χ2v) is 5.57. The van der Waals surface area contributed by atoms with Gasteiger partial charge in [0.2, 0.25) is 0 Å². The maximum absolute atomic E-state index is 12.1. The van der Waals surface area contributed by atoms with Crippen molar-refractivity contribution in [2.45, 2.75) is 6.92 Å². The van der Waals surface area contributed by atoms with Gasteiger partial charge in [-0.25, -0.2) is 0 Å². The molecule has 0 aliphatic heterocycles. The SMILES string of the molecule is Cc1cc([N+](=O)[O-])ccc1NC(=O)COc1cccc2ccccc12. The number of fused-ring (bicyclic) bond motifs is 1. The summed E-state index contributed by atoms with van der Waals surface area (Å²) in [6.07, 6.45) is 0. The lowest BCUT2D eigenvalue weighted by molar-refractivity contribution is -0.384. The van der Waals surface area contributed by atoms with Crippen molar-refractivity contribution in [1.29, 1.82) is 0 Å². The van der Waals surface area contributed by atoms with Gasteiger partial charge in [0, 0.05) is 23.2 Å². The molecule has 126 valence electrons. The molecular formula is C19H16N2O4. The molecule has 0 saturated heterocycles. The lowest BCUT2D eigenvalue weighted by Crippen LogP contribution is -2.20. The van der Waals surface area contributed by atoms with Gasteiger partial charge in [0.15, 0.2) is 6.61 Å². The number of nitrogens with zero attached hydrogens (tertiary/aromatic N) is 1. The summed E-state index contributed by atoms with van der Waals surface area (Å²) >= 11 is 0. The van der Waals surface area contributed by atoms with Gasteiger partial charge in [-0.05, 0) is 30.0 Å². The number of aryl methyl sites for hydroxylation is 1. The summed E-state index contributed by atoms with van der Waals surface area (Å²) in [5, 5.41) is 15.4. The number of carbonyl (C=O) groups excluding carboxylic acids is 1. The second-order valence-electron chi connectivity index (χ2n) is 5.57. The van der Waals surface area contributed by atoms with Crippen LogP contribution >= 0.6 is 0 Å². The molecule has 6 heteroatoms. The number of hydrogen-bond donors (Lipinski definition) is 1. The number of nitrogens with one attached hydrogen (secondary N) is 1. The Morgan fingerprint density at radius 3 is 2.64 bits per heavy atom. The van der Waals surface area contributed by atoms with Crippen LogP contribution in [0.1, 0.15) is 5.56 Å². The number of hydrogen-bond acceptors (Lipinski definition) is 4. The number of non-ortho nitro benzene ring substituents is 1. The maximum atomic E-state index is 12.1. The van der Waals surface area contributed by atoms with Crippen molar-refractivity contribution in [3.05, 3.63) is 76.3 Å². The molecule has 0 aromatic heterocycles. The zero-order chi connectivity index (χ0) is 17.8. The minimum Gasteiger partial charge on any atom is -0.483 e. The molecule has 1 N–H and O–H groups in total. The van der Waals surface area contributed by atoms with E-state index in [-0.39, 0.29) is 18.2 Å². The van der Waals surface area contributed by atoms with E-state index in [0.717, 1.165) is 10.8 Å². The van der Waals surface area contributed by atoms with E-state index in [2.05, 4.69) is 5.32 Å². The number of amides is 1. The average Bonchev–Trinajstić information content (AvgIpc) is 2.61. The molecular weight excluding hydrogens is 320 g/mol. The molecule has 0 heterocycles. The van der Waals surface area contributed by atoms with Crippen LogP contribution in [0.2, 0.25) is 0 Å². The van der Waals surface area contributed by atoms with E-state index in [1.807, 2.05) is 42.5 Å². The Balaban J connectivity index is 1.68. The Labute approximate surface area is 144 Å². The predicted molar refractivity (Wildman–Crippen MR) is 95.9 cm³/mol. The summed E-state index contributed by atoms with van der Waals surface area (Å²) in [5.41, 5.74) is 1.13. The van der Waals surface area contributed by atoms with Crippen molar-refractivity contribution in [2.24, 2.45) is 0 Å². The molecule has 3 rings (SSSR count). The fourth-order valence-corrected chi connectivity index (χ4v) is 2.55. The van der Waals surface area contributed by atoms with E-state index in [9.17, 15) is 14.9 Å². The predicted octanol–water partition coefficient (Wildman–Crippen LogP) is 4.07. The van der Waals surface area contributed by atoms with E-state index < -0.39 is 4.92 Å². The molecule has 0 aliphatic rings. The molecule has 0 spiro atoms. The summed E-state index contributed by atoms with van der Waals surface area (Å²) in [7, 11) is 0.